The van der Waals surface area contributed by atoms with E-state index in [1.807, 2.05) is 0 Å². The number of benzene rings is 1. The lowest BCUT2D eigenvalue weighted by molar-refractivity contribution is -0.143. The number of rotatable bonds is 10. The molecule has 1 saturated heterocycles. The van der Waals surface area contributed by atoms with Gasteiger partial charge in [0.1, 0.15) is 18.5 Å². The van der Waals surface area contributed by atoms with Crippen LogP contribution in [0.15, 0.2) is 50.5 Å². The molecule has 1 fully saturated rings. The second-order valence-corrected chi connectivity index (χ2v) is 10.4. The van der Waals surface area contributed by atoms with Crippen molar-refractivity contribution in [3.8, 4) is 0 Å². The first-order valence-electron chi connectivity index (χ1n) is 11.6. The van der Waals surface area contributed by atoms with Gasteiger partial charge in [-0.2, -0.15) is 0 Å². The SMILES string of the molecule is CCOC(=O)C1=C(CN2CC(F)(F)CC2COCC(=O)O)NC(c2nccs2)=NC1c1ccc(F)cc1Br. The molecule has 0 spiro atoms. The number of alkyl halides is 2. The van der Waals surface area contributed by atoms with Gasteiger partial charge < -0.3 is 19.9 Å². The summed E-state index contributed by atoms with van der Waals surface area (Å²) in [6, 6.07) is 2.21. The van der Waals surface area contributed by atoms with Crippen molar-refractivity contribution in [3.63, 3.8) is 0 Å². The summed E-state index contributed by atoms with van der Waals surface area (Å²) in [5.74, 6) is -5.14. The van der Waals surface area contributed by atoms with Gasteiger partial charge in [0.05, 0.1) is 25.3 Å². The average Bonchev–Trinajstić information content (AvgIpc) is 3.46. The van der Waals surface area contributed by atoms with Crippen molar-refractivity contribution in [2.24, 2.45) is 4.99 Å². The van der Waals surface area contributed by atoms with Crippen LogP contribution in [0.25, 0.3) is 0 Å². The third-order valence-electron chi connectivity index (χ3n) is 5.90. The van der Waals surface area contributed by atoms with Gasteiger partial charge in [0, 0.05) is 40.8 Å². The minimum Gasteiger partial charge on any atom is -0.480 e. The molecule has 0 radical (unpaired) electrons. The number of carbonyl (C=O) groups is 2. The van der Waals surface area contributed by atoms with Gasteiger partial charge in [0.15, 0.2) is 10.8 Å². The highest BCUT2D eigenvalue weighted by molar-refractivity contribution is 9.10. The number of thiazole rings is 1. The minimum atomic E-state index is -3.04. The summed E-state index contributed by atoms with van der Waals surface area (Å²) in [7, 11) is 0. The molecule has 1 aromatic carbocycles. The Hall–Kier alpha value is -2.81. The maximum absolute atomic E-state index is 14.5. The largest absolute Gasteiger partial charge is 0.480 e. The first-order valence-corrected chi connectivity index (χ1v) is 13.3. The Kier molecular flexibility index (Phi) is 8.85. The van der Waals surface area contributed by atoms with Crippen molar-refractivity contribution in [1.82, 2.24) is 15.2 Å². The van der Waals surface area contributed by atoms with Crippen LogP contribution in [0.5, 0.6) is 0 Å². The Morgan fingerprint density at radius 3 is 2.82 bits per heavy atom. The van der Waals surface area contributed by atoms with Crippen molar-refractivity contribution in [3.05, 3.63) is 61.9 Å². The first-order chi connectivity index (χ1) is 18.1. The molecule has 2 aliphatic rings. The molecule has 2 N–H and O–H groups in total. The predicted octanol–water partition coefficient (Wildman–Crippen LogP) is 3.76. The second-order valence-electron chi connectivity index (χ2n) is 8.65. The van der Waals surface area contributed by atoms with Crippen LogP contribution in [0.4, 0.5) is 13.2 Å². The van der Waals surface area contributed by atoms with Crippen molar-refractivity contribution in [2.75, 3.05) is 32.9 Å². The number of aromatic nitrogens is 1. The van der Waals surface area contributed by atoms with Gasteiger partial charge in [-0.1, -0.05) is 22.0 Å². The summed E-state index contributed by atoms with van der Waals surface area (Å²) >= 11 is 4.64. The van der Waals surface area contributed by atoms with Crippen LogP contribution < -0.4 is 5.32 Å². The summed E-state index contributed by atoms with van der Waals surface area (Å²) in [6.07, 6.45) is 1.04. The van der Waals surface area contributed by atoms with Crippen molar-refractivity contribution in [1.29, 1.82) is 0 Å². The van der Waals surface area contributed by atoms with E-state index in [1.165, 1.54) is 34.4 Å². The molecular weight excluding hydrogens is 593 g/mol. The summed E-state index contributed by atoms with van der Waals surface area (Å²) in [5.41, 5.74) is 0.821. The van der Waals surface area contributed by atoms with E-state index in [0.29, 0.717) is 20.9 Å². The molecule has 0 amide bonds. The van der Waals surface area contributed by atoms with Crippen LogP contribution in [-0.4, -0.2) is 77.6 Å². The molecule has 4 rings (SSSR count). The number of amidine groups is 1. The lowest BCUT2D eigenvalue weighted by Gasteiger charge is -2.31. The average molecular weight is 617 g/mol. The molecule has 1 aromatic heterocycles. The molecule has 204 valence electrons. The van der Waals surface area contributed by atoms with Gasteiger partial charge in [-0.25, -0.2) is 27.7 Å². The number of halogens is 4. The summed E-state index contributed by atoms with van der Waals surface area (Å²) in [5, 5.41) is 14.2. The van der Waals surface area contributed by atoms with E-state index in [0.717, 1.165) is 0 Å². The molecule has 2 aliphatic heterocycles. The van der Waals surface area contributed by atoms with Crippen LogP contribution >= 0.6 is 27.3 Å². The quantitative estimate of drug-likeness (QED) is 0.388. The first kappa shape index (κ1) is 28.2. The Labute approximate surface area is 228 Å². The monoisotopic (exact) mass is 616 g/mol. The van der Waals surface area contributed by atoms with E-state index < -0.39 is 55.3 Å². The van der Waals surface area contributed by atoms with E-state index in [1.54, 1.807) is 18.5 Å². The lowest BCUT2D eigenvalue weighted by Crippen LogP contribution is -2.42. The maximum atomic E-state index is 14.5. The van der Waals surface area contributed by atoms with E-state index in [-0.39, 0.29) is 31.0 Å². The number of aliphatic carboxylic acids is 1. The fourth-order valence-corrected chi connectivity index (χ4v) is 5.52. The third-order valence-corrected chi connectivity index (χ3v) is 7.36. The molecule has 14 heteroatoms. The molecule has 3 heterocycles. The highest BCUT2D eigenvalue weighted by atomic mass is 79.9. The highest BCUT2D eigenvalue weighted by Gasteiger charge is 2.46. The number of carboxylic acid groups (broad SMARTS) is 1. The Morgan fingerprint density at radius 1 is 1.37 bits per heavy atom. The number of aliphatic imine (C=N–C) groups is 1. The molecule has 0 bridgehead atoms. The number of hydrogen-bond acceptors (Lipinski definition) is 9. The van der Waals surface area contributed by atoms with Crippen LogP contribution in [0.3, 0.4) is 0 Å². The molecule has 0 aliphatic carbocycles. The molecule has 38 heavy (non-hydrogen) atoms. The lowest BCUT2D eigenvalue weighted by atomic mass is 9.95. The van der Waals surface area contributed by atoms with Crippen molar-refractivity contribution >= 4 is 45.0 Å². The number of nitrogens with zero attached hydrogens (tertiary/aromatic N) is 3. The summed E-state index contributed by atoms with van der Waals surface area (Å²) in [4.78, 5) is 34.5. The molecule has 2 aromatic rings. The van der Waals surface area contributed by atoms with Crippen LogP contribution in [0, 0.1) is 5.82 Å². The number of carboxylic acids is 1. The fourth-order valence-electron chi connectivity index (χ4n) is 4.37. The van der Waals surface area contributed by atoms with E-state index >= 15 is 0 Å². The summed E-state index contributed by atoms with van der Waals surface area (Å²) < 4.78 is 53.6. The van der Waals surface area contributed by atoms with Gasteiger partial charge in [-0.3, -0.25) is 9.89 Å². The molecule has 9 nitrogen and oxygen atoms in total. The highest BCUT2D eigenvalue weighted by Crippen LogP contribution is 2.38. The second kappa shape index (κ2) is 11.9. The fraction of sp³-hybridized carbons (Fsp3) is 0.417. The van der Waals surface area contributed by atoms with Crippen LogP contribution in [-0.2, 0) is 19.1 Å². The Bertz CT molecular complexity index is 1260. The van der Waals surface area contributed by atoms with Crippen molar-refractivity contribution < 1.29 is 37.3 Å². The van der Waals surface area contributed by atoms with Crippen LogP contribution in [0.1, 0.15) is 30.0 Å². The summed E-state index contributed by atoms with van der Waals surface area (Å²) in [6.45, 7) is 0.0903. The third kappa shape index (κ3) is 6.60. The number of nitrogens with one attached hydrogen (secondary N) is 1. The smallest absolute Gasteiger partial charge is 0.338 e. The standard InChI is InChI=1S/C24H24BrF3N4O5S/c1-2-37-23(35)19-17(9-32-12-24(27,28)8-14(32)10-36-11-18(33)34)30-21(22-29-5-6-38-22)31-20(19)15-4-3-13(26)7-16(15)25/h3-7,14,20H,2,8-12H2,1H3,(H,30,31)(H,33,34). The zero-order valence-corrected chi connectivity index (χ0v) is 22.5. The zero-order valence-electron chi connectivity index (χ0n) is 20.1. The molecule has 2 atom stereocenters. The van der Waals surface area contributed by atoms with Gasteiger partial charge >= 0.3 is 11.9 Å². The normalized spacial score (nSPS) is 21.2. The topological polar surface area (TPSA) is 113 Å². The van der Waals surface area contributed by atoms with E-state index in [4.69, 9.17) is 19.6 Å². The van der Waals surface area contributed by atoms with Gasteiger partial charge in [-0.15, -0.1) is 11.3 Å². The Morgan fingerprint density at radius 2 is 2.16 bits per heavy atom. The zero-order chi connectivity index (χ0) is 27.4. The van der Waals surface area contributed by atoms with Gasteiger partial charge in [0.25, 0.3) is 5.92 Å². The van der Waals surface area contributed by atoms with Crippen molar-refractivity contribution in [2.45, 2.75) is 31.4 Å². The van der Waals surface area contributed by atoms with Crippen LogP contribution in [0.2, 0.25) is 0 Å². The molecule has 2 unspecified atom stereocenters. The van der Waals surface area contributed by atoms with Gasteiger partial charge in [0.2, 0.25) is 0 Å². The van der Waals surface area contributed by atoms with E-state index in [9.17, 15) is 22.8 Å². The maximum Gasteiger partial charge on any atom is 0.338 e. The van der Waals surface area contributed by atoms with E-state index in [2.05, 4.69) is 26.2 Å². The number of hydrogen-bond donors (Lipinski definition) is 2. The minimum absolute atomic E-state index is 0.0589. The molecule has 0 saturated carbocycles. The number of likely N-dealkylation sites (tertiary alicyclic amines) is 1. The number of esters is 1. The number of carbonyl (C=O) groups excluding carboxylic acids is 1. The predicted molar refractivity (Wildman–Crippen MR) is 136 cm³/mol. The van der Waals surface area contributed by atoms with Gasteiger partial charge in [-0.05, 0) is 24.6 Å². The number of ether oxygens (including phenoxy) is 2. The molecular formula is C24H24BrF3N4O5S. The Balaban J connectivity index is 1.76.